The van der Waals surface area contributed by atoms with Gasteiger partial charge in [0.15, 0.2) is 4.90 Å². The van der Waals surface area contributed by atoms with Crippen LogP contribution in [0.2, 0.25) is 0 Å². The van der Waals surface area contributed by atoms with Gasteiger partial charge in [-0.3, -0.25) is 0 Å². The molecule has 1 aromatic carbocycles. The number of para-hydroxylation sites is 1. The van der Waals surface area contributed by atoms with E-state index in [4.69, 9.17) is 4.74 Å². The van der Waals surface area contributed by atoms with E-state index < -0.39 is 15.1 Å². The van der Waals surface area contributed by atoms with Crippen LogP contribution in [0.4, 0.5) is 3.89 Å². The molecule has 0 saturated carbocycles. The van der Waals surface area contributed by atoms with E-state index in [9.17, 15) is 12.3 Å². The third-order valence-corrected chi connectivity index (χ3v) is 2.93. The molecule has 0 atom stereocenters. The summed E-state index contributed by atoms with van der Waals surface area (Å²) in [5.74, 6) is -0.235. The van der Waals surface area contributed by atoms with Gasteiger partial charge in [0.1, 0.15) is 0 Å². The zero-order chi connectivity index (χ0) is 11.8. The Morgan fingerprint density at radius 2 is 2.00 bits per heavy atom. The van der Waals surface area contributed by atoms with Crippen LogP contribution in [0.3, 0.4) is 0 Å². The third kappa shape index (κ3) is 1.83. The lowest BCUT2D eigenvalue weighted by Gasteiger charge is -2.05. The van der Waals surface area contributed by atoms with Crippen molar-refractivity contribution in [2.45, 2.75) is 4.90 Å². The molecular formula is C10H8FNO3S. The van der Waals surface area contributed by atoms with Crippen LogP contribution in [-0.4, -0.2) is 20.5 Å². The fourth-order valence-corrected chi connectivity index (χ4v) is 2.01. The molecule has 0 aliphatic carbocycles. The molecule has 1 aromatic heterocycles. The average Bonchev–Trinajstić information content (AvgIpc) is 2.26. The van der Waals surface area contributed by atoms with Crippen molar-refractivity contribution in [3.63, 3.8) is 0 Å². The number of methoxy groups -OCH3 is 1. The fourth-order valence-electron chi connectivity index (χ4n) is 1.40. The lowest BCUT2D eigenvalue weighted by Crippen LogP contribution is -1.99. The third-order valence-electron chi connectivity index (χ3n) is 2.11. The van der Waals surface area contributed by atoms with Gasteiger partial charge < -0.3 is 4.74 Å². The number of ether oxygens (including phenoxy) is 1. The van der Waals surface area contributed by atoms with Gasteiger partial charge in [0.05, 0.1) is 12.6 Å². The van der Waals surface area contributed by atoms with Crippen LogP contribution in [0.25, 0.3) is 10.9 Å². The van der Waals surface area contributed by atoms with Crippen molar-refractivity contribution in [3.05, 3.63) is 30.3 Å². The Hall–Kier alpha value is -1.69. The van der Waals surface area contributed by atoms with E-state index in [-0.39, 0.29) is 5.88 Å². The predicted molar refractivity (Wildman–Crippen MR) is 56.6 cm³/mol. The van der Waals surface area contributed by atoms with Crippen molar-refractivity contribution < 1.29 is 17.0 Å². The number of pyridine rings is 1. The normalized spacial score (nSPS) is 11.6. The largest absolute Gasteiger partial charge is 0.480 e. The van der Waals surface area contributed by atoms with Crippen LogP contribution in [-0.2, 0) is 10.2 Å². The summed E-state index contributed by atoms with van der Waals surface area (Å²) in [5.41, 5.74) is 0.548. The lowest BCUT2D eigenvalue weighted by molar-refractivity contribution is 0.385. The van der Waals surface area contributed by atoms with Gasteiger partial charge in [-0.25, -0.2) is 4.98 Å². The summed E-state index contributed by atoms with van der Waals surface area (Å²) in [5, 5.41) is 0.541. The Morgan fingerprint density at radius 3 is 2.62 bits per heavy atom. The summed E-state index contributed by atoms with van der Waals surface area (Å²) >= 11 is 0. The van der Waals surface area contributed by atoms with Crippen molar-refractivity contribution in [2.75, 3.05) is 7.11 Å². The topological polar surface area (TPSA) is 56.3 Å². The van der Waals surface area contributed by atoms with Gasteiger partial charge in [-0.05, 0) is 12.1 Å². The molecule has 2 rings (SSSR count). The summed E-state index contributed by atoms with van der Waals surface area (Å²) in [6.07, 6.45) is 0. The Bertz CT molecular complexity index is 640. The smallest absolute Gasteiger partial charge is 0.337 e. The van der Waals surface area contributed by atoms with Crippen molar-refractivity contribution in [1.29, 1.82) is 0 Å². The van der Waals surface area contributed by atoms with Crippen LogP contribution >= 0.6 is 0 Å². The maximum Gasteiger partial charge on any atom is 0.337 e. The maximum atomic E-state index is 12.9. The van der Waals surface area contributed by atoms with E-state index in [1.807, 2.05) is 0 Å². The monoisotopic (exact) mass is 241 g/mol. The summed E-state index contributed by atoms with van der Waals surface area (Å²) < 4.78 is 39.4. The van der Waals surface area contributed by atoms with Gasteiger partial charge in [-0.1, -0.05) is 18.2 Å². The maximum absolute atomic E-state index is 12.9. The number of aromatic nitrogens is 1. The molecule has 0 saturated heterocycles. The van der Waals surface area contributed by atoms with Gasteiger partial charge in [0.25, 0.3) is 0 Å². The number of nitrogens with zero attached hydrogens (tertiary/aromatic N) is 1. The molecule has 6 heteroatoms. The van der Waals surface area contributed by atoms with E-state index in [2.05, 4.69) is 4.98 Å². The number of fused-ring (bicyclic) bond motifs is 1. The molecule has 16 heavy (non-hydrogen) atoms. The second kappa shape index (κ2) is 3.71. The van der Waals surface area contributed by atoms with Gasteiger partial charge >= 0.3 is 10.2 Å². The Morgan fingerprint density at radius 1 is 1.31 bits per heavy atom. The van der Waals surface area contributed by atoms with E-state index in [1.54, 1.807) is 24.3 Å². The highest BCUT2D eigenvalue weighted by Gasteiger charge is 2.20. The van der Waals surface area contributed by atoms with Crippen molar-refractivity contribution in [3.8, 4) is 5.88 Å². The molecule has 2 aromatic rings. The van der Waals surface area contributed by atoms with E-state index in [1.165, 1.54) is 13.2 Å². The molecule has 0 aliphatic heterocycles. The number of benzene rings is 1. The minimum absolute atomic E-state index is 0.235. The van der Waals surface area contributed by atoms with Gasteiger partial charge in [-0.15, -0.1) is 3.89 Å². The fraction of sp³-hybridized carbons (Fsp3) is 0.100. The molecule has 0 bridgehead atoms. The standard InChI is InChI=1S/C10H8FNO3S/c1-15-10-9(16(11,13)14)6-7-4-2-3-5-8(7)12-10/h2-6H,1H3. The molecule has 0 spiro atoms. The molecular weight excluding hydrogens is 233 g/mol. The minimum atomic E-state index is -4.82. The summed E-state index contributed by atoms with van der Waals surface area (Å²) in [6.45, 7) is 0. The summed E-state index contributed by atoms with van der Waals surface area (Å²) in [7, 11) is -3.58. The van der Waals surface area contributed by atoms with E-state index in [0.717, 1.165) is 0 Å². The Kier molecular flexibility index (Phi) is 2.51. The first-order valence-corrected chi connectivity index (χ1v) is 5.79. The predicted octanol–water partition coefficient (Wildman–Crippen LogP) is 1.90. The minimum Gasteiger partial charge on any atom is -0.480 e. The molecule has 0 radical (unpaired) electrons. The highest BCUT2D eigenvalue weighted by atomic mass is 32.3. The first-order valence-electron chi connectivity index (χ1n) is 4.41. The highest BCUT2D eigenvalue weighted by molar-refractivity contribution is 7.86. The molecule has 4 nitrogen and oxygen atoms in total. The first kappa shape index (κ1) is 10.8. The molecule has 84 valence electrons. The highest BCUT2D eigenvalue weighted by Crippen LogP contribution is 2.27. The lowest BCUT2D eigenvalue weighted by atomic mass is 10.2. The van der Waals surface area contributed by atoms with Crippen LogP contribution in [0.5, 0.6) is 5.88 Å². The van der Waals surface area contributed by atoms with Gasteiger partial charge in [-0.2, -0.15) is 8.42 Å². The molecule has 1 heterocycles. The van der Waals surface area contributed by atoms with Crippen molar-refractivity contribution in [2.24, 2.45) is 0 Å². The zero-order valence-electron chi connectivity index (χ0n) is 8.34. The quantitative estimate of drug-likeness (QED) is 0.753. The number of hydrogen-bond donors (Lipinski definition) is 0. The Balaban J connectivity index is 2.83. The van der Waals surface area contributed by atoms with Crippen molar-refractivity contribution >= 4 is 21.1 Å². The molecule has 0 unspecified atom stereocenters. The first-order chi connectivity index (χ1) is 7.52. The van der Waals surface area contributed by atoms with Crippen molar-refractivity contribution in [1.82, 2.24) is 4.98 Å². The molecule has 0 amide bonds. The second-order valence-corrected chi connectivity index (χ2v) is 4.44. The summed E-state index contributed by atoms with van der Waals surface area (Å²) in [6, 6.07) is 8.00. The average molecular weight is 241 g/mol. The van der Waals surface area contributed by atoms with Gasteiger partial charge in [0, 0.05) is 5.39 Å². The number of halogens is 1. The second-order valence-electron chi connectivity index (χ2n) is 3.13. The molecule has 0 N–H and O–H groups in total. The number of rotatable bonds is 2. The Labute approximate surface area is 91.9 Å². The number of hydrogen-bond acceptors (Lipinski definition) is 4. The molecule has 0 aliphatic rings. The van der Waals surface area contributed by atoms with Gasteiger partial charge in [0.2, 0.25) is 5.88 Å². The van der Waals surface area contributed by atoms with Crippen LogP contribution in [0.1, 0.15) is 0 Å². The van der Waals surface area contributed by atoms with E-state index >= 15 is 0 Å². The SMILES string of the molecule is COc1nc2ccccc2cc1S(=O)(=O)F. The zero-order valence-corrected chi connectivity index (χ0v) is 9.16. The van der Waals surface area contributed by atoms with Crippen LogP contribution in [0.15, 0.2) is 35.2 Å². The van der Waals surface area contributed by atoms with Crippen LogP contribution < -0.4 is 4.74 Å². The van der Waals surface area contributed by atoms with Crippen LogP contribution in [0, 0.1) is 0 Å². The van der Waals surface area contributed by atoms with E-state index in [0.29, 0.717) is 10.9 Å². The summed E-state index contributed by atoms with van der Waals surface area (Å²) in [4.78, 5) is 3.37. The molecule has 0 fully saturated rings.